The Morgan fingerprint density at radius 2 is 2.04 bits per heavy atom. The van der Waals surface area contributed by atoms with Gasteiger partial charge in [0.2, 0.25) is 5.91 Å². The van der Waals surface area contributed by atoms with Crippen molar-refractivity contribution in [1.82, 2.24) is 10.2 Å². The number of phenols is 1. The minimum atomic E-state index is -0.788. The molecule has 1 heterocycles. The summed E-state index contributed by atoms with van der Waals surface area (Å²) < 4.78 is 13.9. The maximum Gasteiger partial charge on any atom is 0.329 e. The summed E-state index contributed by atoms with van der Waals surface area (Å²) in [5, 5.41) is 14.4. The summed E-state index contributed by atoms with van der Waals surface area (Å²) in [6.45, 7) is -0.587. The number of rotatable bonds is 4. The van der Waals surface area contributed by atoms with Crippen LogP contribution < -0.4 is 10.6 Å². The van der Waals surface area contributed by atoms with Gasteiger partial charge in [-0.15, -0.1) is 0 Å². The standard InChI is InChI=1S/C18H12BrClFN3O4/c19-10-5-9(6-11(20)16(10)26)7-14-17(27)24(18(28)23-14)8-15(25)22-13-4-2-1-3-12(13)21/h1-7,26H,8H2,(H,22,25)(H,23,28)/b14-7+. The number of anilines is 1. The third kappa shape index (κ3) is 4.15. The number of amides is 4. The Morgan fingerprint density at radius 1 is 1.32 bits per heavy atom. The molecule has 144 valence electrons. The van der Waals surface area contributed by atoms with Gasteiger partial charge >= 0.3 is 6.03 Å². The Labute approximate surface area is 171 Å². The summed E-state index contributed by atoms with van der Waals surface area (Å²) in [5.41, 5.74) is 0.312. The zero-order valence-electron chi connectivity index (χ0n) is 14.0. The molecule has 10 heteroatoms. The summed E-state index contributed by atoms with van der Waals surface area (Å²) in [7, 11) is 0. The Morgan fingerprint density at radius 3 is 2.71 bits per heavy atom. The van der Waals surface area contributed by atoms with Gasteiger partial charge in [0.1, 0.15) is 23.8 Å². The van der Waals surface area contributed by atoms with Gasteiger partial charge in [-0.1, -0.05) is 23.7 Å². The van der Waals surface area contributed by atoms with Crippen LogP contribution in [0.4, 0.5) is 14.9 Å². The molecule has 3 rings (SSSR count). The van der Waals surface area contributed by atoms with Crippen LogP contribution in [-0.2, 0) is 9.59 Å². The Hall–Kier alpha value is -2.91. The third-order valence-corrected chi connectivity index (χ3v) is 4.65. The molecule has 2 aromatic carbocycles. The van der Waals surface area contributed by atoms with Crippen LogP contribution in [0.2, 0.25) is 5.02 Å². The summed E-state index contributed by atoms with van der Waals surface area (Å²) in [5.74, 6) is -2.25. The number of hydrogen-bond acceptors (Lipinski definition) is 4. The first-order valence-electron chi connectivity index (χ1n) is 7.83. The number of nitrogens with zero attached hydrogens (tertiary/aromatic N) is 1. The maximum absolute atomic E-state index is 13.6. The summed E-state index contributed by atoms with van der Waals surface area (Å²) in [6.07, 6.45) is 1.35. The highest BCUT2D eigenvalue weighted by atomic mass is 79.9. The lowest BCUT2D eigenvalue weighted by Crippen LogP contribution is -2.38. The van der Waals surface area contributed by atoms with Crippen LogP contribution in [0.1, 0.15) is 5.56 Å². The van der Waals surface area contributed by atoms with Crippen molar-refractivity contribution in [3.8, 4) is 5.75 Å². The second-order valence-electron chi connectivity index (χ2n) is 5.74. The molecule has 1 aliphatic rings. The van der Waals surface area contributed by atoms with Crippen molar-refractivity contribution in [2.75, 3.05) is 11.9 Å². The Kier molecular flexibility index (Phi) is 5.66. The van der Waals surface area contributed by atoms with Crippen LogP contribution in [0.3, 0.4) is 0 Å². The van der Waals surface area contributed by atoms with E-state index in [4.69, 9.17) is 11.6 Å². The molecule has 1 aliphatic heterocycles. The van der Waals surface area contributed by atoms with E-state index in [1.165, 1.54) is 42.5 Å². The highest BCUT2D eigenvalue weighted by molar-refractivity contribution is 9.10. The molecule has 1 fully saturated rings. The van der Waals surface area contributed by atoms with Crippen molar-refractivity contribution in [3.63, 3.8) is 0 Å². The largest absolute Gasteiger partial charge is 0.505 e. The van der Waals surface area contributed by atoms with Crippen LogP contribution in [0.5, 0.6) is 5.75 Å². The fourth-order valence-electron chi connectivity index (χ4n) is 2.45. The zero-order chi connectivity index (χ0) is 20.4. The number of para-hydroxylation sites is 1. The summed E-state index contributed by atoms with van der Waals surface area (Å²) in [6, 6.07) is 7.65. The molecule has 4 amide bonds. The van der Waals surface area contributed by atoms with Crippen molar-refractivity contribution >= 4 is 57.1 Å². The Balaban J connectivity index is 1.75. The van der Waals surface area contributed by atoms with E-state index in [1.807, 2.05) is 0 Å². The van der Waals surface area contributed by atoms with Gasteiger partial charge in [0, 0.05) is 0 Å². The maximum atomic E-state index is 13.6. The molecular weight excluding hydrogens is 457 g/mol. The highest BCUT2D eigenvalue weighted by Gasteiger charge is 2.35. The van der Waals surface area contributed by atoms with Crippen LogP contribution in [0.15, 0.2) is 46.6 Å². The molecule has 0 atom stereocenters. The molecule has 0 aliphatic carbocycles. The van der Waals surface area contributed by atoms with Gasteiger partial charge in [-0.05, 0) is 51.8 Å². The lowest BCUT2D eigenvalue weighted by molar-refractivity contribution is -0.127. The average molecular weight is 469 g/mol. The summed E-state index contributed by atoms with van der Waals surface area (Å²) >= 11 is 9.01. The molecular formula is C18H12BrClFN3O4. The first-order chi connectivity index (χ1) is 13.3. The van der Waals surface area contributed by atoms with Gasteiger partial charge in [0.25, 0.3) is 5.91 Å². The molecule has 2 aromatic rings. The lowest BCUT2D eigenvalue weighted by Gasteiger charge is -2.12. The van der Waals surface area contributed by atoms with Gasteiger partial charge < -0.3 is 15.7 Å². The number of phenolic OH excluding ortho intramolecular Hbond substituents is 1. The van der Waals surface area contributed by atoms with Crippen molar-refractivity contribution in [2.45, 2.75) is 0 Å². The van der Waals surface area contributed by atoms with E-state index in [1.54, 1.807) is 0 Å². The second-order valence-corrected chi connectivity index (χ2v) is 7.00. The second kappa shape index (κ2) is 7.99. The van der Waals surface area contributed by atoms with E-state index in [2.05, 4.69) is 26.6 Å². The normalized spacial score (nSPS) is 15.1. The SMILES string of the molecule is O=C(CN1C(=O)N/C(=C/c2cc(Cl)c(O)c(Br)c2)C1=O)Nc1ccccc1F. The number of halogens is 3. The third-order valence-electron chi connectivity index (χ3n) is 3.76. The number of carbonyl (C=O) groups excluding carboxylic acids is 3. The van der Waals surface area contributed by atoms with E-state index in [0.717, 1.165) is 0 Å². The monoisotopic (exact) mass is 467 g/mol. The van der Waals surface area contributed by atoms with Crippen molar-refractivity contribution in [3.05, 3.63) is 63.0 Å². The molecule has 0 radical (unpaired) electrons. The molecule has 28 heavy (non-hydrogen) atoms. The molecule has 3 N–H and O–H groups in total. The molecule has 0 unspecified atom stereocenters. The van der Waals surface area contributed by atoms with Gasteiger partial charge in [0.05, 0.1) is 15.2 Å². The number of nitrogens with one attached hydrogen (secondary N) is 2. The van der Waals surface area contributed by atoms with Gasteiger partial charge in [0.15, 0.2) is 0 Å². The van der Waals surface area contributed by atoms with Crippen molar-refractivity contribution in [1.29, 1.82) is 0 Å². The first-order valence-corrected chi connectivity index (χ1v) is 9.00. The summed E-state index contributed by atoms with van der Waals surface area (Å²) in [4.78, 5) is 37.3. The average Bonchev–Trinajstić information content (AvgIpc) is 2.89. The fraction of sp³-hybridized carbons (Fsp3) is 0.0556. The van der Waals surface area contributed by atoms with Gasteiger partial charge in [-0.2, -0.15) is 0 Å². The molecule has 1 saturated heterocycles. The number of carbonyl (C=O) groups is 3. The van der Waals surface area contributed by atoms with E-state index < -0.39 is 30.2 Å². The number of hydrogen-bond donors (Lipinski definition) is 3. The van der Waals surface area contributed by atoms with Crippen LogP contribution >= 0.6 is 27.5 Å². The lowest BCUT2D eigenvalue weighted by atomic mass is 10.2. The topological polar surface area (TPSA) is 98.7 Å². The number of benzene rings is 2. The van der Waals surface area contributed by atoms with E-state index in [-0.39, 0.29) is 22.2 Å². The van der Waals surface area contributed by atoms with Gasteiger partial charge in [-0.25, -0.2) is 14.1 Å². The minimum Gasteiger partial charge on any atom is -0.505 e. The van der Waals surface area contributed by atoms with Gasteiger partial charge in [-0.3, -0.25) is 9.59 Å². The number of urea groups is 1. The molecule has 0 bridgehead atoms. The Bertz CT molecular complexity index is 1000. The van der Waals surface area contributed by atoms with E-state index in [9.17, 15) is 23.9 Å². The first kappa shape index (κ1) is 19.8. The van der Waals surface area contributed by atoms with Crippen LogP contribution in [-0.4, -0.2) is 34.4 Å². The highest BCUT2D eigenvalue weighted by Crippen LogP contribution is 2.33. The van der Waals surface area contributed by atoms with Crippen molar-refractivity contribution < 1.29 is 23.9 Å². The number of imide groups is 1. The molecule has 0 aromatic heterocycles. The fourth-order valence-corrected chi connectivity index (χ4v) is 3.27. The van der Waals surface area contributed by atoms with Crippen LogP contribution in [0.25, 0.3) is 6.08 Å². The van der Waals surface area contributed by atoms with Crippen LogP contribution in [0, 0.1) is 5.82 Å². The number of aromatic hydroxyl groups is 1. The van der Waals surface area contributed by atoms with Crippen molar-refractivity contribution in [2.24, 2.45) is 0 Å². The predicted octanol–water partition coefficient (Wildman–Crippen LogP) is 3.48. The molecule has 0 spiro atoms. The zero-order valence-corrected chi connectivity index (χ0v) is 16.3. The minimum absolute atomic E-state index is 0.0547. The predicted molar refractivity (Wildman–Crippen MR) is 104 cm³/mol. The molecule has 0 saturated carbocycles. The van der Waals surface area contributed by atoms with E-state index in [0.29, 0.717) is 14.9 Å². The molecule has 7 nitrogen and oxygen atoms in total. The smallest absolute Gasteiger partial charge is 0.329 e. The quantitative estimate of drug-likeness (QED) is 0.473. The van der Waals surface area contributed by atoms with E-state index >= 15 is 0 Å².